The van der Waals surface area contributed by atoms with Crippen molar-refractivity contribution in [2.45, 2.75) is 12.3 Å². The zero-order valence-corrected chi connectivity index (χ0v) is 13.2. The van der Waals surface area contributed by atoms with Crippen LogP contribution in [-0.2, 0) is 4.79 Å². The normalized spacial score (nSPS) is 11.8. The summed E-state index contributed by atoms with van der Waals surface area (Å²) < 4.78 is 18.5. The lowest BCUT2D eigenvalue weighted by Crippen LogP contribution is -2.16. The molecule has 23 heavy (non-hydrogen) atoms. The number of aliphatic carboxylic acids is 1. The maximum absolute atomic E-state index is 13.1. The quantitative estimate of drug-likeness (QED) is 0.849. The Labute approximate surface area is 135 Å². The summed E-state index contributed by atoms with van der Waals surface area (Å²) in [5, 5.41) is 9.47. The summed E-state index contributed by atoms with van der Waals surface area (Å²) >= 11 is 0. The van der Waals surface area contributed by atoms with Crippen LogP contribution in [0.2, 0.25) is 0 Å². The zero-order chi connectivity index (χ0) is 16.8. The van der Waals surface area contributed by atoms with Crippen LogP contribution in [0.15, 0.2) is 48.5 Å². The maximum Gasteiger partial charge on any atom is 0.311 e. The van der Waals surface area contributed by atoms with Crippen LogP contribution in [0.3, 0.4) is 0 Å². The highest BCUT2D eigenvalue weighted by Crippen LogP contribution is 2.24. The van der Waals surface area contributed by atoms with Crippen molar-refractivity contribution in [3.8, 4) is 5.75 Å². The molecule has 2 aromatic carbocycles. The van der Waals surface area contributed by atoms with E-state index in [2.05, 4.69) is 0 Å². The van der Waals surface area contributed by atoms with Crippen LogP contribution < -0.4 is 9.64 Å². The first-order chi connectivity index (χ1) is 11.0. The number of benzene rings is 2. The monoisotopic (exact) mass is 317 g/mol. The molecule has 122 valence electrons. The van der Waals surface area contributed by atoms with Gasteiger partial charge in [0.15, 0.2) is 0 Å². The minimum Gasteiger partial charge on any atom is -0.493 e. The van der Waals surface area contributed by atoms with E-state index < -0.39 is 11.9 Å². The van der Waals surface area contributed by atoms with Gasteiger partial charge in [0.25, 0.3) is 0 Å². The number of hydrogen-bond acceptors (Lipinski definition) is 3. The minimum absolute atomic E-state index is 0.201. The lowest BCUT2D eigenvalue weighted by atomic mass is 9.95. The molecular weight excluding hydrogens is 297 g/mol. The van der Waals surface area contributed by atoms with Crippen LogP contribution in [0, 0.1) is 5.82 Å². The van der Waals surface area contributed by atoms with Crippen LogP contribution in [0.25, 0.3) is 0 Å². The minimum atomic E-state index is -0.899. The fourth-order valence-electron chi connectivity index (χ4n) is 2.30. The topological polar surface area (TPSA) is 49.8 Å². The van der Waals surface area contributed by atoms with Crippen molar-refractivity contribution >= 4 is 11.7 Å². The largest absolute Gasteiger partial charge is 0.493 e. The van der Waals surface area contributed by atoms with E-state index in [4.69, 9.17) is 4.74 Å². The second-order valence-electron chi connectivity index (χ2n) is 5.47. The molecule has 0 spiro atoms. The fourth-order valence-corrected chi connectivity index (χ4v) is 2.30. The Bertz CT molecular complexity index is 673. The second kappa shape index (κ2) is 7.63. The molecule has 0 fully saturated rings. The SMILES string of the molecule is CN(C)c1cccc(C(CCOc2cccc(F)c2)C(=O)O)c1. The Morgan fingerprint density at radius 1 is 1.22 bits per heavy atom. The van der Waals surface area contributed by atoms with Crippen molar-refractivity contribution in [2.75, 3.05) is 25.6 Å². The number of carbonyl (C=O) groups is 1. The summed E-state index contributed by atoms with van der Waals surface area (Å²) in [4.78, 5) is 13.5. The first-order valence-electron chi connectivity index (χ1n) is 7.36. The zero-order valence-electron chi connectivity index (χ0n) is 13.2. The molecule has 0 aromatic heterocycles. The molecule has 0 aliphatic heterocycles. The summed E-state index contributed by atoms with van der Waals surface area (Å²) in [5.41, 5.74) is 1.67. The van der Waals surface area contributed by atoms with Crippen LogP contribution in [0.1, 0.15) is 17.9 Å². The van der Waals surface area contributed by atoms with E-state index in [0.29, 0.717) is 12.2 Å². The summed E-state index contributed by atoms with van der Waals surface area (Å²) in [6, 6.07) is 13.2. The van der Waals surface area contributed by atoms with Crippen molar-refractivity contribution in [3.05, 3.63) is 59.9 Å². The molecule has 0 heterocycles. The van der Waals surface area contributed by atoms with E-state index in [1.54, 1.807) is 18.2 Å². The molecular formula is C18H20FNO3. The van der Waals surface area contributed by atoms with Gasteiger partial charge in [-0.25, -0.2) is 4.39 Å². The van der Waals surface area contributed by atoms with E-state index in [0.717, 1.165) is 11.3 Å². The number of carboxylic acids is 1. The molecule has 1 N–H and O–H groups in total. The summed E-state index contributed by atoms with van der Waals surface area (Å²) in [7, 11) is 3.81. The van der Waals surface area contributed by atoms with Gasteiger partial charge in [-0.05, 0) is 36.2 Å². The van der Waals surface area contributed by atoms with E-state index >= 15 is 0 Å². The van der Waals surface area contributed by atoms with Gasteiger partial charge < -0.3 is 14.7 Å². The van der Waals surface area contributed by atoms with Crippen molar-refractivity contribution in [3.63, 3.8) is 0 Å². The van der Waals surface area contributed by atoms with E-state index in [1.807, 2.05) is 37.2 Å². The number of rotatable bonds is 7. The van der Waals surface area contributed by atoms with Gasteiger partial charge in [0.05, 0.1) is 12.5 Å². The highest BCUT2D eigenvalue weighted by Gasteiger charge is 2.20. The van der Waals surface area contributed by atoms with Gasteiger partial charge in [0.1, 0.15) is 11.6 Å². The predicted molar refractivity (Wildman–Crippen MR) is 87.7 cm³/mol. The van der Waals surface area contributed by atoms with Crippen LogP contribution in [0.4, 0.5) is 10.1 Å². The Morgan fingerprint density at radius 3 is 2.61 bits per heavy atom. The van der Waals surface area contributed by atoms with Gasteiger partial charge in [-0.3, -0.25) is 4.79 Å². The van der Waals surface area contributed by atoms with Crippen molar-refractivity contribution in [1.82, 2.24) is 0 Å². The van der Waals surface area contributed by atoms with Gasteiger partial charge in [-0.2, -0.15) is 0 Å². The van der Waals surface area contributed by atoms with Gasteiger partial charge in [-0.1, -0.05) is 18.2 Å². The number of hydrogen-bond donors (Lipinski definition) is 1. The molecule has 1 atom stereocenters. The molecule has 0 saturated heterocycles. The molecule has 0 bridgehead atoms. The number of carboxylic acid groups (broad SMARTS) is 1. The Hall–Kier alpha value is -2.56. The lowest BCUT2D eigenvalue weighted by Gasteiger charge is -2.17. The first-order valence-corrected chi connectivity index (χ1v) is 7.36. The van der Waals surface area contributed by atoms with Crippen molar-refractivity contribution in [1.29, 1.82) is 0 Å². The Kier molecular flexibility index (Phi) is 5.57. The molecule has 1 unspecified atom stereocenters. The maximum atomic E-state index is 13.1. The fraction of sp³-hybridized carbons (Fsp3) is 0.278. The lowest BCUT2D eigenvalue weighted by molar-refractivity contribution is -0.139. The number of halogens is 1. The molecule has 0 radical (unpaired) electrons. The van der Waals surface area contributed by atoms with Crippen molar-refractivity contribution < 1.29 is 19.0 Å². The van der Waals surface area contributed by atoms with Crippen LogP contribution >= 0.6 is 0 Å². The third-order valence-corrected chi connectivity index (χ3v) is 3.56. The molecule has 0 amide bonds. The van der Waals surface area contributed by atoms with Crippen LogP contribution in [0.5, 0.6) is 5.75 Å². The van der Waals surface area contributed by atoms with E-state index in [-0.39, 0.29) is 12.4 Å². The predicted octanol–water partition coefficient (Wildman–Crippen LogP) is 3.53. The summed E-state index contributed by atoms with van der Waals surface area (Å²) in [5.74, 6) is -1.54. The number of ether oxygens (including phenoxy) is 1. The van der Waals surface area contributed by atoms with Gasteiger partial charge in [0, 0.05) is 25.8 Å². The molecule has 4 nitrogen and oxygen atoms in total. The highest BCUT2D eigenvalue weighted by molar-refractivity contribution is 5.76. The van der Waals surface area contributed by atoms with Crippen LogP contribution in [-0.4, -0.2) is 31.8 Å². The van der Waals surface area contributed by atoms with Crippen molar-refractivity contribution in [2.24, 2.45) is 0 Å². The molecule has 0 aliphatic rings. The van der Waals surface area contributed by atoms with Gasteiger partial charge in [-0.15, -0.1) is 0 Å². The average molecular weight is 317 g/mol. The molecule has 2 rings (SSSR count). The van der Waals surface area contributed by atoms with Gasteiger partial charge in [0.2, 0.25) is 0 Å². The second-order valence-corrected chi connectivity index (χ2v) is 5.47. The number of nitrogens with zero attached hydrogens (tertiary/aromatic N) is 1. The average Bonchev–Trinajstić information content (AvgIpc) is 2.51. The van der Waals surface area contributed by atoms with Gasteiger partial charge >= 0.3 is 5.97 Å². The molecule has 0 aliphatic carbocycles. The molecule has 2 aromatic rings. The third-order valence-electron chi connectivity index (χ3n) is 3.56. The van der Waals surface area contributed by atoms with E-state index in [9.17, 15) is 14.3 Å². The molecule has 0 saturated carbocycles. The molecule has 5 heteroatoms. The highest BCUT2D eigenvalue weighted by atomic mass is 19.1. The third kappa shape index (κ3) is 4.71. The Morgan fingerprint density at radius 2 is 1.96 bits per heavy atom. The smallest absolute Gasteiger partial charge is 0.311 e. The standard InChI is InChI=1S/C18H20FNO3/c1-20(2)15-7-3-5-13(11-15)17(18(21)22)9-10-23-16-8-4-6-14(19)12-16/h3-8,11-12,17H,9-10H2,1-2H3,(H,21,22). The summed E-state index contributed by atoms with van der Waals surface area (Å²) in [6.07, 6.45) is 0.308. The number of anilines is 1. The Balaban J connectivity index is 2.04. The first kappa shape index (κ1) is 16.8. The summed E-state index contributed by atoms with van der Waals surface area (Å²) in [6.45, 7) is 0.201. The van der Waals surface area contributed by atoms with E-state index in [1.165, 1.54) is 12.1 Å².